The molecule has 2 atom stereocenters. The fourth-order valence-electron chi connectivity index (χ4n) is 1.22. The molecule has 7 heteroatoms. The lowest BCUT2D eigenvalue weighted by Crippen LogP contribution is -2.60. The Labute approximate surface area is 87.5 Å². The second-order valence-electron chi connectivity index (χ2n) is 2.72. The van der Waals surface area contributed by atoms with Crippen LogP contribution in [0.1, 0.15) is 6.92 Å². The standard InChI is InChI=1S/C6H11F3N2.2ClH/c1-4-5(6(7,8)9)11-3-2-10-4;;/h4-5,10-11H,2-3H2,1H3;2*1H/t4-,5-;;/m0../s1. The first-order valence-corrected chi connectivity index (χ1v) is 3.55. The van der Waals surface area contributed by atoms with Crippen LogP contribution in [0, 0.1) is 0 Å². The molecule has 1 saturated heterocycles. The topological polar surface area (TPSA) is 24.1 Å². The summed E-state index contributed by atoms with van der Waals surface area (Å²) in [5.41, 5.74) is 0. The maximum atomic E-state index is 12.1. The van der Waals surface area contributed by atoms with Crippen molar-refractivity contribution in [3.63, 3.8) is 0 Å². The van der Waals surface area contributed by atoms with Crippen molar-refractivity contribution in [1.29, 1.82) is 0 Å². The molecular formula is C6H13Cl2F3N2. The number of hydrogen-bond acceptors (Lipinski definition) is 2. The van der Waals surface area contributed by atoms with Crippen LogP contribution in [-0.2, 0) is 0 Å². The Morgan fingerprint density at radius 1 is 1.08 bits per heavy atom. The third-order valence-corrected chi connectivity index (χ3v) is 1.81. The molecule has 1 aliphatic rings. The lowest BCUT2D eigenvalue weighted by Gasteiger charge is -2.32. The van der Waals surface area contributed by atoms with Crippen LogP contribution >= 0.6 is 24.8 Å². The van der Waals surface area contributed by atoms with E-state index in [1.165, 1.54) is 6.92 Å². The average molecular weight is 241 g/mol. The van der Waals surface area contributed by atoms with Gasteiger partial charge in [0.2, 0.25) is 0 Å². The highest BCUT2D eigenvalue weighted by molar-refractivity contribution is 5.85. The smallest absolute Gasteiger partial charge is 0.311 e. The molecule has 0 unspecified atom stereocenters. The SMILES string of the molecule is C[C@@H]1NCCN[C@@H]1C(F)(F)F.Cl.Cl. The first-order valence-electron chi connectivity index (χ1n) is 3.55. The molecule has 0 saturated carbocycles. The number of nitrogens with one attached hydrogen (secondary N) is 2. The summed E-state index contributed by atoms with van der Waals surface area (Å²) in [6.07, 6.45) is -4.13. The zero-order chi connectivity index (χ0) is 8.48. The van der Waals surface area contributed by atoms with E-state index >= 15 is 0 Å². The van der Waals surface area contributed by atoms with Gasteiger partial charge in [-0.2, -0.15) is 13.2 Å². The van der Waals surface area contributed by atoms with Gasteiger partial charge in [0.15, 0.2) is 0 Å². The summed E-state index contributed by atoms with van der Waals surface area (Å²) in [6, 6.07) is -1.92. The molecule has 0 aromatic rings. The van der Waals surface area contributed by atoms with Gasteiger partial charge in [0, 0.05) is 19.1 Å². The molecular weight excluding hydrogens is 228 g/mol. The molecule has 0 aromatic heterocycles. The molecule has 2 nitrogen and oxygen atoms in total. The largest absolute Gasteiger partial charge is 0.405 e. The molecule has 0 spiro atoms. The van der Waals surface area contributed by atoms with Crippen molar-refractivity contribution < 1.29 is 13.2 Å². The van der Waals surface area contributed by atoms with Crippen molar-refractivity contribution in [2.24, 2.45) is 0 Å². The summed E-state index contributed by atoms with van der Waals surface area (Å²) >= 11 is 0. The number of rotatable bonds is 0. The summed E-state index contributed by atoms with van der Waals surface area (Å²) in [4.78, 5) is 0. The Kier molecular flexibility index (Phi) is 7.15. The second kappa shape index (κ2) is 5.90. The molecule has 1 fully saturated rings. The maximum Gasteiger partial charge on any atom is 0.405 e. The van der Waals surface area contributed by atoms with Gasteiger partial charge in [-0.1, -0.05) is 0 Å². The number of hydrogen-bond donors (Lipinski definition) is 2. The minimum atomic E-state index is -4.13. The van der Waals surface area contributed by atoms with Crippen LogP contribution in [0.4, 0.5) is 13.2 Å². The molecule has 1 heterocycles. The maximum absolute atomic E-state index is 12.1. The van der Waals surface area contributed by atoms with Crippen LogP contribution in [-0.4, -0.2) is 31.3 Å². The van der Waals surface area contributed by atoms with Crippen molar-refractivity contribution in [2.45, 2.75) is 25.2 Å². The Bertz CT molecular complexity index is 142. The Balaban J connectivity index is 0. The molecule has 2 N–H and O–H groups in total. The van der Waals surface area contributed by atoms with Crippen molar-refractivity contribution in [1.82, 2.24) is 10.6 Å². The fourth-order valence-corrected chi connectivity index (χ4v) is 1.22. The van der Waals surface area contributed by atoms with E-state index in [0.717, 1.165) is 0 Å². The van der Waals surface area contributed by atoms with Crippen molar-refractivity contribution in [3.8, 4) is 0 Å². The fraction of sp³-hybridized carbons (Fsp3) is 1.00. The van der Waals surface area contributed by atoms with Gasteiger partial charge in [0.05, 0.1) is 0 Å². The van der Waals surface area contributed by atoms with Gasteiger partial charge < -0.3 is 10.6 Å². The summed E-state index contributed by atoms with van der Waals surface area (Å²) in [5.74, 6) is 0. The lowest BCUT2D eigenvalue weighted by atomic mass is 10.1. The molecule has 1 aliphatic heterocycles. The zero-order valence-corrected chi connectivity index (χ0v) is 8.65. The number of alkyl halides is 3. The minimum absolute atomic E-state index is 0. The second-order valence-corrected chi connectivity index (χ2v) is 2.72. The third-order valence-electron chi connectivity index (χ3n) is 1.81. The Morgan fingerprint density at radius 3 is 1.85 bits per heavy atom. The summed E-state index contributed by atoms with van der Waals surface area (Å²) in [5, 5.41) is 5.18. The molecule has 0 aromatic carbocycles. The van der Waals surface area contributed by atoms with E-state index in [0.29, 0.717) is 13.1 Å². The van der Waals surface area contributed by atoms with Gasteiger partial charge in [0.25, 0.3) is 0 Å². The lowest BCUT2D eigenvalue weighted by molar-refractivity contribution is -0.164. The number of piperazine rings is 1. The molecule has 82 valence electrons. The van der Waals surface area contributed by atoms with E-state index in [-0.39, 0.29) is 24.8 Å². The molecule has 0 bridgehead atoms. The van der Waals surface area contributed by atoms with Crippen molar-refractivity contribution in [3.05, 3.63) is 0 Å². The molecule has 13 heavy (non-hydrogen) atoms. The first kappa shape index (κ1) is 15.7. The Hall–Kier alpha value is 0.290. The minimum Gasteiger partial charge on any atom is -0.311 e. The quantitative estimate of drug-likeness (QED) is 0.668. The van der Waals surface area contributed by atoms with E-state index < -0.39 is 18.3 Å². The predicted octanol–water partition coefficient (Wildman–Crippen LogP) is 1.34. The molecule has 0 aliphatic carbocycles. The van der Waals surface area contributed by atoms with E-state index in [4.69, 9.17) is 0 Å². The highest BCUT2D eigenvalue weighted by atomic mass is 35.5. The van der Waals surface area contributed by atoms with Crippen LogP contribution in [0.5, 0.6) is 0 Å². The van der Waals surface area contributed by atoms with E-state index in [2.05, 4.69) is 10.6 Å². The highest BCUT2D eigenvalue weighted by Gasteiger charge is 2.43. The van der Waals surface area contributed by atoms with Crippen LogP contribution in [0.3, 0.4) is 0 Å². The zero-order valence-electron chi connectivity index (χ0n) is 7.02. The van der Waals surface area contributed by atoms with Crippen LogP contribution in [0.2, 0.25) is 0 Å². The van der Waals surface area contributed by atoms with Gasteiger partial charge in [-0.3, -0.25) is 0 Å². The molecule has 1 rings (SSSR count). The Morgan fingerprint density at radius 2 is 1.54 bits per heavy atom. The van der Waals surface area contributed by atoms with Crippen LogP contribution in [0.15, 0.2) is 0 Å². The highest BCUT2D eigenvalue weighted by Crippen LogP contribution is 2.23. The molecule has 0 radical (unpaired) electrons. The van der Waals surface area contributed by atoms with Gasteiger partial charge >= 0.3 is 6.18 Å². The van der Waals surface area contributed by atoms with Crippen molar-refractivity contribution >= 4 is 24.8 Å². The van der Waals surface area contributed by atoms with Gasteiger partial charge in [0.1, 0.15) is 6.04 Å². The average Bonchev–Trinajstić information content (AvgIpc) is 1.86. The van der Waals surface area contributed by atoms with Gasteiger partial charge in [-0.05, 0) is 6.92 Å². The van der Waals surface area contributed by atoms with Gasteiger partial charge in [-0.15, -0.1) is 24.8 Å². The molecule has 0 amide bonds. The monoisotopic (exact) mass is 240 g/mol. The summed E-state index contributed by atoms with van der Waals surface area (Å²) in [7, 11) is 0. The number of halogens is 5. The van der Waals surface area contributed by atoms with Crippen LogP contribution < -0.4 is 10.6 Å². The normalized spacial score (nSPS) is 28.6. The van der Waals surface area contributed by atoms with Crippen LogP contribution in [0.25, 0.3) is 0 Å². The van der Waals surface area contributed by atoms with Crippen molar-refractivity contribution in [2.75, 3.05) is 13.1 Å². The predicted molar refractivity (Wildman–Crippen MR) is 49.8 cm³/mol. The summed E-state index contributed by atoms with van der Waals surface area (Å²) < 4.78 is 36.3. The van der Waals surface area contributed by atoms with E-state index in [1.54, 1.807) is 0 Å². The third kappa shape index (κ3) is 4.35. The van der Waals surface area contributed by atoms with E-state index in [9.17, 15) is 13.2 Å². The first-order chi connectivity index (χ1) is 5.02. The van der Waals surface area contributed by atoms with E-state index in [1.807, 2.05) is 0 Å². The van der Waals surface area contributed by atoms with Gasteiger partial charge in [-0.25, -0.2) is 0 Å². The summed E-state index contributed by atoms with van der Waals surface area (Å²) in [6.45, 7) is 2.52.